The first kappa shape index (κ1) is 19.9. The van der Waals surface area contributed by atoms with Crippen molar-refractivity contribution >= 4 is 33.2 Å². The number of aromatic nitrogens is 1. The van der Waals surface area contributed by atoms with E-state index >= 15 is 0 Å². The molecule has 1 heterocycles. The standard InChI is InChI=1S/C22H22BrN3O2/c1-13-15(7-5-9-18(13)24-3)16-8-6-10-19(14(16)2)26-22(27)20-11-21(28-4)17(23)12-25-20/h5-12,24H,1-4H3,(H,26,27). The zero-order valence-electron chi connectivity index (χ0n) is 16.3. The van der Waals surface area contributed by atoms with Gasteiger partial charge in [-0.05, 0) is 64.2 Å². The average molecular weight is 440 g/mol. The molecule has 3 aromatic rings. The average Bonchev–Trinajstić information content (AvgIpc) is 2.70. The Morgan fingerprint density at radius 3 is 2.25 bits per heavy atom. The highest BCUT2D eigenvalue weighted by molar-refractivity contribution is 9.10. The molecule has 5 nitrogen and oxygen atoms in total. The van der Waals surface area contributed by atoms with Gasteiger partial charge in [-0.3, -0.25) is 4.79 Å². The van der Waals surface area contributed by atoms with Crippen LogP contribution in [-0.4, -0.2) is 25.0 Å². The fourth-order valence-corrected chi connectivity index (χ4v) is 3.53. The normalized spacial score (nSPS) is 10.5. The molecule has 2 N–H and O–H groups in total. The van der Waals surface area contributed by atoms with Gasteiger partial charge in [-0.15, -0.1) is 0 Å². The lowest BCUT2D eigenvalue weighted by molar-refractivity contribution is 0.102. The lowest BCUT2D eigenvalue weighted by Gasteiger charge is -2.16. The van der Waals surface area contributed by atoms with E-state index in [9.17, 15) is 4.79 Å². The van der Waals surface area contributed by atoms with Gasteiger partial charge in [0.15, 0.2) is 0 Å². The van der Waals surface area contributed by atoms with Crippen LogP contribution in [0.5, 0.6) is 5.75 Å². The van der Waals surface area contributed by atoms with Crippen molar-refractivity contribution in [3.05, 3.63) is 70.0 Å². The summed E-state index contributed by atoms with van der Waals surface area (Å²) in [5, 5.41) is 6.18. The molecule has 28 heavy (non-hydrogen) atoms. The topological polar surface area (TPSA) is 63.2 Å². The maximum atomic E-state index is 12.7. The maximum absolute atomic E-state index is 12.7. The number of rotatable bonds is 5. The summed E-state index contributed by atoms with van der Waals surface area (Å²) in [4.78, 5) is 16.9. The third kappa shape index (κ3) is 3.87. The maximum Gasteiger partial charge on any atom is 0.274 e. The van der Waals surface area contributed by atoms with Crippen molar-refractivity contribution < 1.29 is 9.53 Å². The summed E-state index contributed by atoms with van der Waals surface area (Å²) in [6.07, 6.45) is 1.56. The molecule has 0 saturated heterocycles. The van der Waals surface area contributed by atoms with Crippen molar-refractivity contribution in [2.75, 3.05) is 24.8 Å². The van der Waals surface area contributed by atoms with Crippen molar-refractivity contribution in [2.45, 2.75) is 13.8 Å². The van der Waals surface area contributed by atoms with E-state index in [0.717, 1.165) is 33.6 Å². The molecule has 0 saturated carbocycles. The molecule has 0 aliphatic rings. The van der Waals surface area contributed by atoms with Crippen LogP contribution in [0, 0.1) is 13.8 Å². The Labute approximate surface area is 173 Å². The minimum atomic E-state index is -0.285. The van der Waals surface area contributed by atoms with Gasteiger partial charge in [-0.2, -0.15) is 0 Å². The lowest BCUT2D eigenvalue weighted by Crippen LogP contribution is -2.15. The molecule has 1 amide bonds. The monoisotopic (exact) mass is 439 g/mol. The molecule has 2 aromatic carbocycles. The Morgan fingerprint density at radius 2 is 1.64 bits per heavy atom. The van der Waals surface area contributed by atoms with Crippen LogP contribution >= 0.6 is 15.9 Å². The van der Waals surface area contributed by atoms with Gasteiger partial charge in [0.1, 0.15) is 11.4 Å². The predicted octanol–water partition coefficient (Wildman–Crippen LogP) is 5.43. The first-order valence-corrected chi connectivity index (χ1v) is 9.63. The van der Waals surface area contributed by atoms with Crippen molar-refractivity contribution in [1.29, 1.82) is 0 Å². The van der Waals surface area contributed by atoms with Crippen LogP contribution in [-0.2, 0) is 0 Å². The molecule has 6 heteroatoms. The quantitative estimate of drug-likeness (QED) is 0.556. The Hall–Kier alpha value is -2.86. The summed E-state index contributed by atoms with van der Waals surface area (Å²) in [5.74, 6) is 0.275. The van der Waals surface area contributed by atoms with E-state index in [1.165, 1.54) is 0 Å². The van der Waals surface area contributed by atoms with Crippen LogP contribution in [0.15, 0.2) is 53.1 Å². The molecule has 0 spiro atoms. The molecule has 0 aliphatic carbocycles. The van der Waals surface area contributed by atoms with E-state index in [2.05, 4.69) is 50.6 Å². The minimum Gasteiger partial charge on any atom is -0.495 e. The molecule has 0 aliphatic heterocycles. The predicted molar refractivity (Wildman–Crippen MR) is 117 cm³/mol. The molecule has 0 fully saturated rings. The van der Waals surface area contributed by atoms with Gasteiger partial charge < -0.3 is 15.4 Å². The van der Waals surface area contributed by atoms with Gasteiger partial charge in [0.2, 0.25) is 0 Å². The van der Waals surface area contributed by atoms with E-state index in [1.54, 1.807) is 19.4 Å². The van der Waals surface area contributed by atoms with Crippen molar-refractivity contribution in [3.63, 3.8) is 0 Å². The minimum absolute atomic E-state index is 0.285. The summed E-state index contributed by atoms with van der Waals surface area (Å²) in [5.41, 5.74) is 6.49. The number of halogens is 1. The number of pyridine rings is 1. The highest BCUT2D eigenvalue weighted by Crippen LogP contribution is 2.33. The zero-order chi connectivity index (χ0) is 20.3. The summed E-state index contributed by atoms with van der Waals surface area (Å²) in [6.45, 7) is 4.09. The summed E-state index contributed by atoms with van der Waals surface area (Å²) in [7, 11) is 3.46. The second kappa shape index (κ2) is 8.44. The van der Waals surface area contributed by atoms with E-state index in [0.29, 0.717) is 15.9 Å². The molecular weight excluding hydrogens is 418 g/mol. The van der Waals surface area contributed by atoms with E-state index in [4.69, 9.17) is 4.74 Å². The first-order chi connectivity index (χ1) is 13.5. The number of benzene rings is 2. The van der Waals surface area contributed by atoms with Crippen LogP contribution in [0.3, 0.4) is 0 Å². The van der Waals surface area contributed by atoms with Crippen molar-refractivity contribution in [3.8, 4) is 16.9 Å². The van der Waals surface area contributed by atoms with Gasteiger partial charge in [-0.1, -0.05) is 24.3 Å². The van der Waals surface area contributed by atoms with Gasteiger partial charge in [0.25, 0.3) is 5.91 Å². The fourth-order valence-electron chi connectivity index (χ4n) is 3.15. The molecule has 0 bridgehead atoms. The molecule has 0 radical (unpaired) electrons. The Balaban J connectivity index is 1.95. The lowest BCUT2D eigenvalue weighted by atomic mass is 9.94. The molecule has 0 atom stereocenters. The van der Waals surface area contributed by atoms with Crippen LogP contribution in [0.1, 0.15) is 21.6 Å². The third-order valence-electron chi connectivity index (χ3n) is 4.75. The molecule has 144 valence electrons. The van der Waals surface area contributed by atoms with Gasteiger partial charge in [0.05, 0.1) is 11.6 Å². The molecule has 1 aromatic heterocycles. The number of ether oxygens (including phenoxy) is 1. The SMILES string of the molecule is CNc1cccc(-c2cccc(NC(=O)c3cc(OC)c(Br)cn3)c2C)c1C. The molecule has 3 rings (SSSR count). The second-order valence-electron chi connectivity index (χ2n) is 6.36. The number of methoxy groups -OCH3 is 1. The van der Waals surface area contributed by atoms with E-state index < -0.39 is 0 Å². The Kier molecular flexibility index (Phi) is 5.99. The smallest absolute Gasteiger partial charge is 0.274 e. The first-order valence-electron chi connectivity index (χ1n) is 8.84. The summed E-state index contributed by atoms with van der Waals surface area (Å²) in [6, 6.07) is 13.7. The van der Waals surface area contributed by atoms with Gasteiger partial charge in [0, 0.05) is 30.7 Å². The number of nitrogens with zero attached hydrogens (tertiary/aromatic N) is 1. The Morgan fingerprint density at radius 1 is 1.04 bits per heavy atom. The Bertz CT molecular complexity index is 1030. The van der Waals surface area contributed by atoms with Crippen LogP contribution < -0.4 is 15.4 Å². The fraction of sp³-hybridized carbons (Fsp3) is 0.182. The number of amides is 1. The van der Waals surface area contributed by atoms with Gasteiger partial charge >= 0.3 is 0 Å². The van der Waals surface area contributed by atoms with Crippen molar-refractivity contribution in [1.82, 2.24) is 4.98 Å². The zero-order valence-corrected chi connectivity index (χ0v) is 17.8. The number of hydrogen-bond donors (Lipinski definition) is 2. The summed E-state index contributed by atoms with van der Waals surface area (Å²) < 4.78 is 5.95. The number of carbonyl (C=O) groups excluding carboxylic acids is 1. The highest BCUT2D eigenvalue weighted by atomic mass is 79.9. The summed E-state index contributed by atoms with van der Waals surface area (Å²) >= 11 is 3.35. The van der Waals surface area contributed by atoms with Gasteiger partial charge in [-0.25, -0.2) is 4.98 Å². The van der Waals surface area contributed by atoms with Crippen LogP contribution in [0.4, 0.5) is 11.4 Å². The van der Waals surface area contributed by atoms with Crippen LogP contribution in [0.25, 0.3) is 11.1 Å². The van der Waals surface area contributed by atoms with Crippen LogP contribution in [0.2, 0.25) is 0 Å². The van der Waals surface area contributed by atoms with E-state index in [1.807, 2.05) is 38.2 Å². The molecule has 0 unspecified atom stereocenters. The second-order valence-corrected chi connectivity index (χ2v) is 7.22. The third-order valence-corrected chi connectivity index (χ3v) is 5.34. The molecular formula is C22H22BrN3O2. The highest BCUT2D eigenvalue weighted by Gasteiger charge is 2.15. The van der Waals surface area contributed by atoms with Crippen molar-refractivity contribution in [2.24, 2.45) is 0 Å². The largest absolute Gasteiger partial charge is 0.495 e. The number of hydrogen-bond acceptors (Lipinski definition) is 4. The van der Waals surface area contributed by atoms with E-state index in [-0.39, 0.29) is 5.91 Å². The number of nitrogens with one attached hydrogen (secondary N) is 2. The number of carbonyl (C=O) groups is 1. The number of anilines is 2.